The Bertz CT molecular complexity index is 736. The molecule has 0 aliphatic carbocycles. The van der Waals surface area contributed by atoms with Gasteiger partial charge in [-0.25, -0.2) is 4.79 Å². The number of amides is 1. The van der Waals surface area contributed by atoms with Crippen LogP contribution >= 0.6 is 0 Å². The molecule has 0 spiro atoms. The van der Waals surface area contributed by atoms with Crippen molar-refractivity contribution in [2.75, 3.05) is 11.4 Å². The molecule has 3 rings (SSSR count). The van der Waals surface area contributed by atoms with E-state index >= 15 is 0 Å². The topological polar surface area (TPSA) is 75.4 Å². The summed E-state index contributed by atoms with van der Waals surface area (Å²) in [5.74, 6) is -1.17. The van der Waals surface area contributed by atoms with Crippen LogP contribution in [0, 0.1) is 6.92 Å². The highest BCUT2D eigenvalue weighted by Gasteiger charge is 2.23. The van der Waals surface area contributed by atoms with Crippen molar-refractivity contribution in [1.29, 1.82) is 0 Å². The Morgan fingerprint density at radius 2 is 2.14 bits per heavy atom. The van der Waals surface area contributed by atoms with Gasteiger partial charge >= 0.3 is 5.97 Å². The van der Waals surface area contributed by atoms with E-state index in [0.29, 0.717) is 6.54 Å². The minimum atomic E-state index is -1.09. The van der Waals surface area contributed by atoms with Gasteiger partial charge in [0.05, 0.1) is 0 Å². The van der Waals surface area contributed by atoms with Gasteiger partial charge in [-0.2, -0.15) is 5.10 Å². The van der Waals surface area contributed by atoms with Crippen LogP contribution in [-0.2, 0) is 17.8 Å². The predicted octanol–water partition coefficient (Wildman–Crippen LogP) is 1.87. The van der Waals surface area contributed by atoms with Gasteiger partial charge in [0.15, 0.2) is 5.69 Å². The number of aromatic nitrogens is 2. The molecule has 1 N–H and O–H groups in total. The van der Waals surface area contributed by atoms with Crippen LogP contribution in [0.15, 0.2) is 30.5 Å². The maximum absolute atomic E-state index is 12.5. The summed E-state index contributed by atoms with van der Waals surface area (Å²) in [5, 5.41) is 12.8. The highest BCUT2D eigenvalue weighted by atomic mass is 16.4. The molecule has 0 atom stereocenters. The number of carboxylic acids is 1. The largest absolute Gasteiger partial charge is 0.476 e. The minimum Gasteiger partial charge on any atom is -0.476 e. The quantitative estimate of drug-likeness (QED) is 0.938. The lowest BCUT2D eigenvalue weighted by Crippen LogP contribution is -2.37. The second-order valence-corrected chi connectivity index (χ2v) is 5.48. The first kappa shape index (κ1) is 14.3. The number of aryl methyl sites for hydroxylation is 2. The molecular weight excluding hydrogens is 282 g/mol. The molecule has 2 aromatic rings. The zero-order valence-corrected chi connectivity index (χ0v) is 12.3. The summed E-state index contributed by atoms with van der Waals surface area (Å²) in [6, 6.07) is 7.49. The van der Waals surface area contributed by atoms with Crippen LogP contribution in [0.5, 0.6) is 0 Å². The van der Waals surface area contributed by atoms with E-state index in [2.05, 4.69) is 11.2 Å². The van der Waals surface area contributed by atoms with Crippen molar-refractivity contribution < 1.29 is 14.7 Å². The van der Waals surface area contributed by atoms with E-state index in [1.165, 1.54) is 28.1 Å². The number of fused-ring (bicyclic) bond motifs is 1. The van der Waals surface area contributed by atoms with Gasteiger partial charge in [-0.3, -0.25) is 9.48 Å². The number of carbonyl (C=O) groups is 2. The van der Waals surface area contributed by atoms with Gasteiger partial charge in [0.2, 0.25) is 5.91 Å². The first-order chi connectivity index (χ1) is 10.5. The van der Waals surface area contributed by atoms with Crippen molar-refractivity contribution in [3.05, 3.63) is 47.3 Å². The molecule has 22 heavy (non-hydrogen) atoms. The lowest BCUT2D eigenvalue weighted by molar-refractivity contribution is -0.119. The van der Waals surface area contributed by atoms with Gasteiger partial charge in [-0.1, -0.05) is 17.7 Å². The fourth-order valence-electron chi connectivity index (χ4n) is 2.77. The maximum atomic E-state index is 12.5. The highest BCUT2D eigenvalue weighted by molar-refractivity contribution is 5.94. The van der Waals surface area contributed by atoms with Crippen LogP contribution in [0.4, 0.5) is 5.69 Å². The van der Waals surface area contributed by atoms with Gasteiger partial charge in [0.25, 0.3) is 0 Å². The average molecular weight is 299 g/mol. The number of rotatable bonds is 3. The summed E-state index contributed by atoms with van der Waals surface area (Å²) in [7, 11) is 0. The second kappa shape index (κ2) is 5.63. The third-order valence-corrected chi connectivity index (χ3v) is 3.81. The first-order valence-corrected chi connectivity index (χ1v) is 7.21. The molecule has 1 aromatic heterocycles. The zero-order valence-electron chi connectivity index (χ0n) is 12.3. The molecule has 0 bridgehead atoms. The number of carbonyl (C=O) groups excluding carboxylic acids is 1. The maximum Gasteiger partial charge on any atom is 0.356 e. The van der Waals surface area contributed by atoms with Crippen LogP contribution in [0.3, 0.4) is 0 Å². The number of hydrogen-bond donors (Lipinski definition) is 1. The Morgan fingerprint density at radius 3 is 2.86 bits per heavy atom. The summed E-state index contributed by atoms with van der Waals surface area (Å²) in [4.78, 5) is 25.1. The molecule has 6 nitrogen and oxygen atoms in total. The van der Waals surface area contributed by atoms with E-state index in [0.717, 1.165) is 18.5 Å². The van der Waals surface area contributed by atoms with Crippen molar-refractivity contribution in [2.45, 2.75) is 26.3 Å². The molecule has 1 aliphatic rings. The van der Waals surface area contributed by atoms with E-state index in [-0.39, 0.29) is 18.1 Å². The summed E-state index contributed by atoms with van der Waals surface area (Å²) in [6.45, 7) is 2.76. The van der Waals surface area contributed by atoms with Gasteiger partial charge < -0.3 is 10.0 Å². The van der Waals surface area contributed by atoms with Crippen molar-refractivity contribution in [3.8, 4) is 0 Å². The van der Waals surface area contributed by atoms with E-state index in [9.17, 15) is 9.59 Å². The number of aromatic carboxylic acids is 1. The molecule has 6 heteroatoms. The molecule has 0 radical (unpaired) electrons. The predicted molar refractivity (Wildman–Crippen MR) is 81.0 cm³/mol. The molecule has 0 fully saturated rings. The van der Waals surface area contributed by atoms with Crippen LogP contribution in [0.2, 0.25) is 0 Å². The van der Waals surface area contributed by atoms with Gasteiger partial charge in [-0.05, 0) is 37.5 Å². The Morgan fingerprint density at radius 1 is 1.32 bits per heavy atom. The standard InChI is InChI=1S/C16H17N3O3/c1-11-4-5-14-12(9-11)3-2-7-19(14)15(20)10-18-8-6-13(17-18)16(21)22/h4-6,8-9H,2-3,7,10H2,1H3,(H,21,22). The summed E-state index contributed by atoms with van der Waals surface area (Å²) < 4.78 is 1.37. The Labute approximate surface area is 128 Å². The van der Waals surface area contributed by atoms with Gasteiger partial charge in [0, 0.05) is 18.4 Å². The van der Waals surface area contributed by atoms with Gasteiger partial charge in [-0.15, -0.1) is 0 Å². The Balaban J connectivity index is 1.80. The lowest BCUT2D eigenvalue weighted by Gasteiger charge is -2.29. The van der Waals surface area contributed by atoms with E-state index in [1.54, 1.807) is 4.90 Å². The minimum absolute atomic E-state index is 0.0423. The lowest BCUT2D eigenvalue weighted by atomic mass is 9.99. The average Bonchev–Trinajstić information content (AvgIpc) is 2.95. The molecule has 0 unspecified atom stereocenters. The summed E-state index contributed by atoms with van der Waals surface area (Å²) in [6.07, 6.45) is 3.43. The SMILES string of the molecule is Cc1ccc2c(c1)CCCN2C(=O)Cn1ccc(C(=O)O)n1. The molecule has 114 valence electrons. The Hall–Kier alpha value is -2.63. The number of hydrogen-bond acceptors (Lipinski definition) is 3. The van der Waals surface area contributed by atoms with Crippen molar-refractivity contribution in [3.63, 3.8) is 0 Å². The van der Waals surface area contributed by atoms with Crippen LogP contribution in [0.1, 0.15) is 28.0 Å². The number of nitrogens with zero attached hydrogens (tertiary/aromatic N) is 3. The van der Waals surface area contributed by atoms with E-state index < -0.39 is 5.97 Å². The zero-order chi connectivity index (χ0) is 15.7. The molecule has 0 saturated carbocycles. The van der Waals surface area contributed by atoms with E-state index in [1.807, 2.05) is 19.1 Å². The smallest absolute Gasteiger partial charge is 0.356 e. The van der Waals surface area contributed by atoms with Crippen molar-refractivity contribution in [1.82, 2.24) is 9.78 Å². The first-order valence-electron chi connectivity index (χ1n) is 7.21. The van der Waals surface area contributed by atoms with E-state index in [4.69, 9.17) is 5.11 Å². The number of anilines is 1. The second-order valence-electron chi connectivity index (χ2n) is 5.48. The fraction of sp³-hybridized carbons (Fsp3) is 0.312. The van der Waals surface area contributed by atoms with Crippen molar-refractivity contribution in [2.24, 2.45) is 0 Å². The van der Waals surface area contributed by atoms with Crippen LogP contribution in [0.25, 0.3) is 0 Å². The van der Waals surface area contributed by atoms with Crippen LogP contribution < -0.4 is 4.90 Å². The molecule has 1 aromatic carbocycles. The molecule has 0 saturated heterocycles. The Kier molecular flexibility index (Phi) is 3.66. The monoisotopic (exact) mass is 299 g/mol. The highest BCUT2D eigenvalue weighted by Crippen LogP contribution is 2.28. The third kappa shape index (κ3) is 2.72. The third-order valence-electron chi connectivity index (χ3n) is 3.81. The molecular formula is C16H17N3O3. The summed E-state index contributed by atoms with van der Waals surface area (Å²) in [5.41, 5.74) is 3.27. The van der Waals surface area contributed by atoms with Gasteiger partial charge in [0.1, 0.15) is 6.54 Å². The summed E-state index contributed by atoms with van der Waals surface area (Å²) >= 11 is 0. The van der Waals surface area contributed by atoms with Crippen LogP contribution in [-0.4, -0.2) is 33.3 Å². The molecule has 1 amide bonds. The fourth-order valence-corrected chi connectivity index (χ4v) is 2.77. The molecule has 1 aliphatic heterocycles. The normalized spacial score (nSPS) is 13.8. The number of carboxylic acid groups (broad SMARTS) is 1. The number of benzene rings is 1. The van der Waals surface area contributed by atoms with Crippen molar-refractivity contribution >= 4 is 17.6 Å². The molecule has 2 heterocycles.